The molecule has 0 aliphatic carbocycles. The van der Waals surface area contributed by atoms with Gasteiger partial charge in [0, 0.05) is 70.4 Å². The number of hydrogen-bond donors (Lipinski definition) is 3. The first-order valence-corrected chi connectivity index (χ1v) is 12.8. The summed E-state index contributed by atoms with van der Waals surface area (Å²) in [6.07, 6.45) is 2.35. The highest BCUT2D eigenvalue weighted by Crippen LogP contribution is 2.31. The summed E-state index contributed by atoms with van der Waals surface area (Å²) in [7, 11) is 0. The molecule has 3 aromatic heterocycles. The molecule has 36 heavy (non-hydrogen) atoms. The lowest BCUT2D eigenvalue weighted by atomic mass is 9.96. The Kier molecular flexibility index (Phi) is 7.40. The molecule has 0 spiro atoms. The Morgan fingerprint density at radius 2 is 1.94 bits per heavy atom. The lowest BCUT2D eigenvalue weighted by Gasteiger charge is -2.44. The van der Waals surface area contributed by atoms with Gasteiger partial charge in [0.25, 0.3) is 5.56 Å². The highest BCUT2D eigenvalue weighted by atomic mass is 79.9. The molecule has 0 aromatic carbocycles. The number of nitrogens with one attached hydrogen (secondary N) is 1. The Morgan fingerprint density at radius 3 is 2.58 bits per heavy atom. The standard InChI is InChI=1S/C26H32BrN5O4/c1-14-7-15(2)29-26(36)21(14)10-20-12-30(5-6-31(20)23(34)13-33)17(4)24-16(3)22(25(28)35)9-19-8-18(27)11-32(19)24/h7-9,11,17,20,33H,5-6,10,12-13H2,1-4H3,(H2,28,35)(H,29,36). The van der Waals surface area contributed by atoms with E-state index in [0.29, 0.717) is 37.2 Å². The zero-order valence-corrected chi connectivity index (χ0v) is 22.6. The topological polar surface area (TPSA) is 124 Å². The zero-order valence-electron chi connectivity index (χ0n) is 21.0. The van der Waals surface area contributed by atoms with Crippen molar-refractivity contribution in [2.45, 2.75) is 46.2 Å². The molecule has 9 nitrogen and oxygen atoms in total. The summed E-state index contributed by atoms with van der Waals surface area (Å²) in [6.45, 7) is 8.64. The number of halogens is 1. The third-order valence-corrected chi connectivity index (χ3v) is 7.70. The van der Waals surface area contributed by atoms with E-state index in [1.807, 2.05) is 39.1 Å². The van der Waals surface area contributed by atoms with Crippen LogP contribution in [-0.2, 0) is 11.2 Å². The van der Waals surface area contributed by atoms with E-state index in [0.717, 1.165) is 32.5 Å². The molecule has 2 unspecified atom stereocenters. The van der Waals surface area contributed by atoms with Crippen LogP contribution in [0.4, 0.5) is 0 Å². The summed E-state index contributed by atoms with van der Waals surface area (Å²) >= 11 is 3.54. The Balaban J connectivity index is 1.72. The maximum absolute atomic E-state index is 12.7. The van der Waals surface area contributed by atoms with Crippen LogP contribution in [0, 0.1) is 20.8 Å². The number of aliphatic hydroxyl groups is 1. The molecule has 192 valence electrons. The SMILES string of the molecule is Cc1cc(C)c(CC2CN(C(C)c3c(C)c(C(N)=O)cc4cc(Br)cn34)CCN2C(=O)CO)c(=O)[nH]1. The molecule has 0 radical (unpaired) electrons. The fraction of sp³-hybridized carbons (Fsp3) is 0.423. The van der Waals surface area contributed by atoms with E-state index < -0.39 is 12.5 Å². The van der Waals surface area contributed by atoms with Crippen molar-refractivity contribution >= 4 is 33.3 Å². The number of nitrogens with zero attached hydrogens (tertiary/aromatic N) is 3. The molecule has 3 aromatic rings. The van der Waals surface area contributed by atoms with E-state index in [2.05, 4.69) is 37.1 Å². The van der Waals surface area contributed by atoms with Gasteiger partial charge in [-0.15, -0.1) is 0 Å². The van der Waals surface area contributed by atoms with E-state index in [1.165, 1.54) is 0 Å². The number of aromatic amines is 1. The van der Waals surface area contributed by atoms with Gasteiger partial charge in [-0.05, 0) is 79.4 Å². The second kappa shape index (κ2) is 10.2. The molecule has 4 heterocycles. The quantitative estimate of drug-likeness (QED) is 0.428. The number of amides is 2. The molecule has 0 bridgehead atoms. The lowest BCUT2D eigenvalue weighted by molar-refractivity contribution is -0.139. The van der Waals surface area contributed by atoms with Crippen molar-refractivity contribution in [1.29, 1.82) is 0 Å². The third-order valence-electron chi connectivity index (χ3n) is 7.27. The molecule has 1 aliphatic rings. The fourth-order valence-corrected chi connectivity index (χ4v) is 5.92. The van der Waals surface area contributed by atoms with Gasteiger partial charge < -0.3 is 25.1 Å². The maximum atomic E-state index is 12.7. The Morgan fingerprint density at radius 1 is 1.22 bits per heavy atom. The zero-order chi connectivity index (χ0) is 26.3. The number of rotatable bonds is 6. The van der Waals surface area contributed by atoms with E-state index in [-0.39, 0.29) is 23.6 Å². The average Bonchev–Trinajstić information content (AvgIpc) is 3.19. The summed E-state index contributed by atoms with van der Waals surface area (Å²) in [6, 6.07) is 5.26. The van der Waals surface area contributed by atoms with Gasteiger partial charge in [-0.25, -0.2) is 0 Å². The van der Waals surface area contributed by atoms with Gasteiger partial charge in [0.05, 0.1) is 0 Å². The van der Waals surface area contributed by atoms with Crippen LogP contribution in [0.2, 0.25) is 0 Å². The number of aliphatic hydroxyl groups excluding tert-OH is 1. The van der Waals surface area contributed by atoms with E-state index in [4.69, 9.17) is 5.73 Å². The van der Waals surface area contributed by atoms with Crippen LogP contribution in [0.25, 0.3) is 5.52 Å². The predicted octanol–water partition coefficient (Wildman–Crippen LogP) is 2.22. The predicted molar refractivity (Wildman–Crippen MR) is 141 cm³/mol. The number of fused-ring (bicyclic) bond motifs is 1. The molecule has 1 aliphatic heterocycles. The first-order valence-electron chi connectivity index (χ1n) is 12.0. The summed E-state index contributed by atoms with van der Waals surface area (Å²) in [5.41, 5.74) is 10.9. The molecule has 0 saturated carbocycles. The number of hydrogen-bond acceptors (Lipinski definition) is 5. The van der Waals surface area contributed by atoms with E-state index in [1.54, 1.807) is 11.0 Å². The number of pyridine rings is 2. The van der Waals surface area contributed by atoms with Crippen molar-refractivity contribution in [2.75, 3.05) is 26.2 Å². The van der Waals surface area contributed by atoms with Crippen LogP contribution in [0.1, 0.15) is 51.4 Å². The highest BCUT2D eigenvalue weighted by Gasteiger charge is 2.34. The van der Waals surface area contributed by atoms with Gasteiger partial charge in [0.15, 0.2) is 0 Å². The number of aryl methyl sites for hydroxylation is 2. The monoisotopic (exact) mass is 557 g/mol. The maximum Gasteiger partial charge on any atom is 0.251 e. The van der Waals surface area contributed by atoms with Crippen LogP contribution in [0.3, 0.4) is 0 Å². The van der Waals surface area contributed by atoms with Crippen LogP contribution in [0.15, 0.2) is 33.7 Å². The van der Waals surface area contributed by atoms with E-state index in [9.17, 15) is 19.5 Å². The van der Waals surface area contributed by atoms with Crippen molar-refractivity contribution in [1.82, 2.24) is 19.2 Å². The van der Waals surface area contributed by atoms with Gasteiger partial charge in [-0.1, -0.05) is 0 Å². The first kappa shape index (κ1) is 26.1. The van der Waals surface area contributed by atoms with Crippen molar-refractivity contribution in [2.24, 2.45) is 5.73 Å². The highest BCUT2D eigenvalue weighted by molar-refractivity contribution is 9.10. The number of carbonyl (C=O) groups excluding carboxylic acids is 2. The minimum absolute atomic E-state index is 0.114. The lowest BCUT2D eigenvalue weighted by Crippen LogP contribution is -2.57. The van der Waals surface area contributed by atoms with Crippen LogP contribution >= 0.6 is 15.9 Å². The Hall–Kier alpha value is -2.95. The smallest absolute Gasteiger partial charge is 0.251 e. The molecular formula is C26H32BrN5O4. The minimum atomic E-state index is -0.576. The first-order chi connectivity index (χ1) is 17.0. The van der Waals surface area contributed by atoms with E-state index >= 15 is 0 Å². The van der Waals surface area contributed by atoms with Crippen molar-refractivity contribution in [3.63, 3.8) is 0 Å². The van der Waals surface area contributed by atoms with Gasteiger partial charge in [0.2, 0.25) is 11.8 Å². The second-order valence-electron chi connectivity index (χ2n) is 9.60. The molecule has 1 fully saturated rings. The number of H-pyrrole nitrogens is 1. The number of primary amides is 1. The number of nitrogens with two attached hydrogens (primary N) is 1. The van der Waals surface area contributed by atoms with Gasteiger partial charge in [-0.2, -0.15) is 0 Å². The summed E-state index contributed by atoms with van der Waals surface area (Å²) < 4.78 is 2.95. The molecule has 4 N–H and O–H groups in total. The fourth-order valence-electron chi connectivity index (χ4n) is 5.48. The normalized spacial score (nSPS) is 17.5. The minimum Gasteiger partial charge on any atom is -0.387 e. The molecule has 2 atom stereocenters. The number of carbonyl (C=O) groups is 2. The molecule has 10 heteroatoms. The molecular weight excluding hydrogens is 526 g/mol. The second-order valence-corrected chi connectivity index (χ2v) is 10.5. The largest absolute Gasteiger partial charge is 0.387 e. The van der Waals surface area contributed by atoms with Gasteiger partial charge in [0.1, 0.15) is 6.61 Å². The molecule has 2 amide bonds. The van der Waals surface area contributed by atoms with Gasteiger partial charge >= 0.3 is 0 Å². The number of aromatic nitrogens is 2. The Bertz CT molecular complexity index is 1400. The van der Waals surface area contributed by atoms with Crippen LogP contribution < -0.4 is 11.3 Å². The molecule has 1 saturated heterocycles. The van der Waals surface area contributed by atoms with Crippen LogP contribution in [0.5, 0.6) is 0 Å². The molecule has 4 rings (SSSR count). The number of piperazine rings is 1. The third kappa shape index (κ3) is 4.85. The van der Waals surface area contributed by atoms with Crippen molar-refractivity contribution in [3.05, 3.63) is 72.9 Å². The summed E-state index contributed by atoms with van der Waals surface area (Å²) in [5, 5.41) is 9.58. The van der Waals surface area contributed by atoms with Crippen molar-refractivity contribution in [3.8, 4) is 0 Å². The Labute approximate surface area is 218 Å². The summed E-state index contributed by atoms with van der Waals surface area (Å²) in [5.74, 6) is -0.830. The van der Waals surface area contributed by atoms with Gasteiger partial charge in [-0.3, -0.25) is 19.3 Å². The average molecular weight is 558 g/mol. The van der Waals surface area contributed by atoms with Crippen molar-refractivity contribution < 1.29 is 14.7 Å². The van der Waals surface area contributed by atoms with Crippen LogP contribution in [-0.4, -0.2) is 68.4 Å². The summed E-state index contributed by atoms with van der Waals surface area (Å²) in [4.78, 5) is 44.3.